The van der Waals surface area contributed by atoms with Gasteiger partial charge in [0, 0.05) is 19.8 Å². The molecule has 2 N–H and O–H groups in total. The van der Waals surface area contributed by atoms with Crippen LogP contribution in [0, 0.1) is 6.92 Å². The summed E-state index contributed by atoms with van der Waals surface area (Å²) in [5.41, 5.74) is 3.66. The van der Waals surface area contributed by atoms with Crippen LogP contribution in [0.15, 0.2) is 71.3 Å². The molecule has 0 saturated carbocycles. The molecule has 0 fully saturated rings. The van der Waals surface area contributed by atoms with Crippen molar-refractivity contribution in [2.45, 2.75) is 20.0 Å². The van der Waals surface area contributed by atoms with Crippen LogP contribution >= 0.6 is 22.7 Å². The molecule has 176 valence electrons. The summed E-state index contributed by atoms with van der Waals surface area (Å²) >= 11 is 2.82. The van der Waals surface area contributed by atoms with Crippen LogP contribution in [-0.4, -0.2) is 22.3 Å². The number of ether oxygens (including phenoxy) is 1. The molecular weight excluding hydrogens is 484 g/mol. The van der Waals surface area contributed by atoms with Gasteiger partial charge in [0.2, 0.25) is 0 Å². The van der Waals surface area contributed by atoms with Crippen molar-refractivity contribution < 1.29 is 24.0 Å². The number of anilines is 1. The van der Waals surface area contributed by atoms with Gasteiger partial charge in [-0.25, -0.2) is 9.59 Å². The van der Waals surface area contributed by atoms with Crippen LogP contribution in [0.4, 0.5) is 10.5 Å². The molecule has 35 heavy (non-hydrogen) atoms. The van der Waals surface area contributed by atoms with Gasteiger partial charge in [-0.1, -0.05) is 59.8 Å². The normalized spacial score (nSPS) is 11.9. The quantitative estimate of drug-likeness (QED) is 0.247. The van der Waals surface area contributed by atoms with E-state index in [4.69, 9.17) is 9.26 Å². The van der Waals surface area contributed by atoms with E-state index in [2.05, 4.69) is 10.5 Å². The zero-order valence-electron chi connectivity index (χ0n) is 18.8. The maximum Gasteiger partial charge on any atom is 0.412 e. The molecule has 3 aromatic heterocycles. The first kappa shape index (κ1) is 22.8. The van der Waals surface area contributed by atoms with Crippen molar-refractivity contribution in [1.82, 2.24) is 5.16 Å². The number of hydrogen-bond acceptors (Lipinski definition) is 7. The number of nitrogens with one attached hydrogen (secondary N) is 1. The van der Waals surface area contributed by atoms with E-state index >= 15 is 0 Å². The Kier molecular flexibility index (Phi) is 6.10. The molecule has 0 aliphatic rings. The van der Waals surface area contributed by atoms with Gasteiger partial charge >= 0.3 is 12.1 Å². The molecule has 0 aliphatic carbocycles. The number of aromatic nitrogens is 1. The molecule has 0 aliphatic heterocycles. The van der Waals surface area contributed by atoms with Gasteiger partial charge in [-0.15, -0.1) is 22.7 Å². The number of nitrogens with zero attached hydrogens (tertiary/aromatic N) is 1. The fourth-order valence-electron chi connectivity index (χ4n) is 3.67. The van der Waals surface area contributed by atoms with Gasteiger partial charge in [0.15, 0.2) is 5.76 Å². The number of hydrogen-bond donors (Lipinski definition) is 2. The second-order valence-electron chi connectivity index (χ2n) is 7.89. The van der Waals surface area contributed by atoms with E-state index in [0.717, 1.165) is 31.0 Å². The minimum Gasteiger partial charge on any atom is -0.477 e. The van der Waals surface area contributed by atoms with Gasteiger partial charge in [0.1, 0.15) is 22.4 Å². The molecule has 0 spiro atoms. The van der Waals surface area contributed by atoms with E-state index in [9.17, 15) is 14.7 Å². The van der Waals surface area contributed by atoms with Gasteiger partial charge in [0.25, 0.3) is 0 Å². The fourth-order valence-corrected chi connectivity index (χ4v) is 5.91. The number of amides is 1. The summed E-state index contributed by atoms with van der Waals surface area (Å²) in [6.45, 7) is 3.56. The number of carboxylic acids is 1. The first-order chi connectivity index (χ1) is 16.9. The molecule has 5 aromatic rings. The Bertz CT molecular complexity index is 1490. The minimum atomic E-state index is -0.908. The molecule has 1 atom stereocenters. The lowest BCUT2D eigenvalue weighted by atomic mass is 10.1. The summed E-state index contributed by atoms with van der Waals surface area (Å²) < 4.78 is 12.9. The van der Waals surface area contributed by atoms with Crippen molar-refractivity contribution in [3.63, 3.8) is 0 Å². The lowest BCUT2D eigenvalue weighted by Gasteiger charge is -2.14. The van der Waals surface area contributed by atoms with Gasteiger partial charge in [-0.05, 0) is 37.1 Å². The van der Waals surface area contributed by atoms with E-state index in [1.54, 1.807) is 24.3 Å². The predicted molar refractivity (Wildman–Crippen MR) is 137 cm³/mol. The third-order valence-corrected chi connectivity index (χ3v) is 7.82. The number of carbonyl (C=O) groups excluding carboxylic acids is 1. The van der Waals surface area contributed by atoms with Gasteiger partial charge in [-0.2, -0.15) is 0 Å². The average molecular weight is 505 g/mol. The maximum absolute atomic E-state index is 12.6. The molecular formula is C26H20N2O5S2. The topological polar surface area (TPSA) is 102 Å². The number of aromatic carboxylic acids is 1. The van der Waals surface area contributed by atoms with Crippen LogP contribution in [0.1, 0.15) is 34.0 Å². The van der Waals surface area contributed by atoms with Crippen molar-refractivity contribution in [3.05, 3.63) is 82.9 Å². The maximum atomic E-state index is 12.6. The van der Waals surface area contributed by atoms with E-state index in [1.165, 1.54) is 11.3 Å². The standard InChI is InChI=1S/C26H20N2O5S2/c1-14-23(27-26(31)32-15(2)16-6-4-3-5-7-16)24(33-28-14)18-10-8-17(9-11-18)19-12-20-21(34-19)13-22(35-20)25(29)30/h3-13,15H,1-2H3,(H,27,31)(H,29,30). The summed E-state index contributed by atoms with van der Waals surface area (Å²) in [5, 5.41) is 16.0. The number of carbonyl (C=O) groups is 2. The van der Waals surface area contributed by atoms with Crippen LogP contribution in [0.25, 0.3) is 31.2 Å². The number of benzene rings is 2. The van der Waals surface area contributed by atoms with Gasteiger partial charge in [-0.3, -0.25) is 5.32 Å². The zero-order valence-corrected chi connectivity index (χ0v) is 20.4. The molecule has 3 heterocycles. The van der Waals surface area contributed by atoms with Crippen molar-refractivity contribution in [2.75, 3.05) is 5.32 Å². The highest BCUT2D eigenvalue weighted by Gasteiger charge is 2.20. The lowest BCUT2D eigenvalue weighted by molar-refractivity contribution is 0.0702. The molecule has 7 nitrogen and oxygen atoms in total. The van der Waals surface area contributed by atoms with Crippen molar-refractivity contribution in [3.8, 4) is 21.8 Å². The highest BCUT2D eigenvalue weighted by Crippen LogP contribution is 2.39. The Morgan fingerprint density at radius 3 is 2.37 bits per heavy atom. The molecule has 0 saturated heterocycles. The predicted octanol–water partition coefficient (Wildman–Crippen LogP) is 7.60. The van der Waals surface area contributed by atoms with Crippen molar-refractivity contribution in [2.24, 2.45) is 0 Å². The summed E-state index contributed by atoms with van der Waals surface area (Å²) in [6.07, 6.45) is -1.00. The minimum absolute atomic E-state index is 0.338. The smallest absolute Gasteiger partial charge is 0.412 e. The van der Waals surface area contributed by atoms with Crippen molar-refractivity contribution >= 4 is 49.8 Å². The number of carboxylic acid groups (broad SMARTS) is 1. The van der Waals surface area contributed by atoms with E-state index in [0.29, 0.717) is 22.0 Å². The molecule has 1 amide bonds. The third kappa shape index (κ3) is 4.68. The first-order valence-corrected chi connectivity index (χ1v) is 12.4. The number of thiophene rings is 2. The molecule has 2 aromatic carbocycles. The second kappa shape index (κ2) is 9.36. The third-order valence-electron chi connectivity index (χ3n) is 5.49. The average Bonchev–Trinajstić information content (AvgIpc) is 3.54. The summed E-state index contributed by atoms with van der Waals surface area (Å²) in [6, 6.07) is 20.9. The van der Waals surface area contributed by atoms with Crippen LogP contribution in [-0.2, 0) is 4.74 Å². The molecule has 0 bridgehead atoms. The van der Waals surface area contributed by atoms with E-state index < -0.39 is 18.2 Å². The number of fused-ring (bicyclic) bond motifs is 1. The largest absolute Gasteiger partial charge is 0.477 e. The van der Waals surface area contributed by atoms with Gasteiger partial charge in [0.05, 0.1) is 0 Å². The Labute approximate surface area is 208 Å². The number of rotatable bonds is 6. The summed E-state index contributed by atoms with van der Waals surface area (Å²) in [5.74, 6) is -0.467. The fraction of sp³-hybridized carbons (Fsp3) is 0.115. The summed E-state index contributed by atoms with van der Waals surface area (Å²) in [4.78, 5) is 25.1. The van der Waals surface area contributed by atoms with Crippen molar-refractivity contribution in [1.29, 1.82) is 0 Å². The Balaban J connectivity index is 1.33. The number of aryl methyl sites for hydroxylation is 1. The highest BCUT2D eigenvalue weighted by atomic mass is 32.1. The SMILES string of the molecule is Cc1noc(-c2ccc(-c3cc4sc(C(=O)O)cc4s3)cc2)c1NC(=O)OC(C)c1ccccc1. The van der Waals surface area contributed by atoms with Gasteiger partial charge < -0.3 is 14.4 Å². The first-order valence-electron chi connectivity index (χ1n) is 10.8. The Morgan fingerprint density at radius 1 is 1.00 bits per heavy atom. The highest BCUT2D eigenvalue weighted by molar-refractivity contribution is 7.30. The molecule has 5 rings (SSSR count). The Morgan fingerprint density at radius 2 is 1.69 bits per heavy atom. The van der Waals surface area contributed by atoms with Crippen LogP contribution in [0.3, 0.4) is 0 Å². The molecule has 0 radical (unpaired) electrons. The molecule has 1 unspecified atom stereocenters. The zero-order chi connectivity index (χ0) is 24.5. The Hall–Kier alpha value is -3.95. The van der Waals surface area contributed by atoms with E-state index in [1.807, 2.05) is 67.6 Å². The van der Waals surface area contributed by atoms with Crippen LogP contribution in [0.2, 0.25) is 0 Å². The lowest BCUT2D eigenvalue weighted by Crippen LogP contribution is -2.16. The monoisotopic (exact) mass is 504 g/mol. The van der Waals surface area contributed by atoms with E-state index in [-0.39, 0.29) is 0 Å². The molecule has 9 heteroatoms. The second-order valence-corrected chi connectivity index (χ2v) is 10.1. The van der Waals surface area contributed by atoms with Crippen LogP contribution < -0.4 is 5.32 Å². The van der Waals surface area contributed by atoms with Crippen LogP contribution in [0.5, 0.6) is 0 Å². The summed E-state index contributed by atoms with van der Waals surface area (Å²) in [7, 11) is 0.